The van der Waals surface area contributed by atoms with Crippen molar-refractivity contribution in [2.24, 2.45) is 11.8 Å². The molecule has 15 heavy (non-hydrogen) atoms. The number of esters is 2. The van der Waals surface area contributed by atoms with Crippen molar-refractivity contribution in [1.82, 2.24) is 0 Å². The van der Waals surface area contributed by atoms with E-state index in [2.05, 4.69) is 4.74 Å². The number of rotatable bonds is 3. The minimum Gasteiger partial charge on any atom is -0.469 e. The predicted molar refractivity (Wildman–Crippen MR) is 54.1 cm³/mol. The quantitative estimate of drug-likeness (QED) is 0.668. The smallest absolute Gasteiger partial charge is 0.308 e. The Kier molecular flexibility index (Phi) is 4.59. The molecule has 0 saturated heterocycles. The minimum absolute atomic E-state index is 0.122. The zero-order valence-electron chi connectivity index (χ0n) is 9.32. The number of hydrogen-bond acceptors (Lipinski definition) is 4. The lowest BCUT2D eigenvalue weighted by Gasteiger charge is -2.25. The molecule has 0 aliphatic heterocycles. The van der Waals surface area contributed by atoms with Crippen LogP contribution in [0.25, 0.3) is 0 Å². The second kappa shape index (κ2) is 5.73. The van der Waals surface area contributed by atoms with Crippen LogP contribution in [0.15, 0.2) is 0 Å². The number of methoxy groups -OCH3 is 1. The molecule has 1 fully saturated rings. The van der Waals surface area contributed by atoms with Crippen molar-refractivity contribution in [1.29, 1.82) is 0 Å². The summed E-state index contributed by atoms with van der Waals surface area (Å²) in [5, 5.41) is 0. The van der Waals surface area contributed by atoms with Crippen molar-refractivity contribution in [3.8, 4) is 0 Å². The number of carbonyl (C=O) groups is 2. The summed E-state index contributed by atoms with van der Waals surface area (Å²) in [5.74, 6) is -0.629. The molecule has 0 heterocycles. The molecular formula is C11H18O4. The maximum atomic E-state index is 11.5. The highest BCUT2D eigenvalue weighted by molar-refractivity contribution is 5.76. The Hall–Kier alpha value is -1.06. The van der Waals surface area contributed by atoms with E-state index < -0.39 is 0 Å². The van der Waals surface area contributed by atoms with Crippen LogP contribution in [0, 0.1) is 11.8 Å². The topological polar surface area (TPSA) is 52.6 Å². The highest BCUT2D eigenvalue weighted by Gasteiger charge is 2.32. The summed E-state index contributed by atoms with van der Waals surface area (Å²) in [4.78, 5) is 22.8. The summed E-state index contributed by atoms with van der Waals surface area (Å²) in [6.45, 7) is 2.19. The SMILES string of the molecule is CCOC(=O)C1CCCC(C(=O)OC)C1. The Morgan fingerprint density at radius 1 is 1.20 bits per heavy atom. The molecule has 1 rings (SSSR count). The van der Waals surface area contributed by atoms with E-state index in [4.69, 9.17) is 4.74 Å². The summed E-state index contributed by atoms with van der Waals surface area (Å²) in [5.41, 5.74) is 0. The fourth-order valence-corrected chi connectivity index (χ4v) is 2.04. The molecule has 0 aromatic heterocycles. The molecule has 0 spiro atoms. The average Bonchev–Trinajstić information content (AvgIpc) is 2.28. The largest absolute Gasteiger partial charge is 0.469 e. The zero-order chi connectivity index (χ0) is 11.3. The van der Waals surface area contributed by atoms with Gasteiger partial charge >= 0.3 is 11.9 Å². The highest BCUT2D eigenvalue weighted by atomic mass is 16.5. The second-order valence-electron chi connectivity index (χ2n) is 3.84. The lowest BCUT2D eigenvalue weighted by molar-refractivity contribution is -0.153. The van der Waals surface area contributed by atoms with Crippen molar-refractivity contribution in [2.75, 3.05) is 13.7 Å². The molecule has 0 aromatic rings. The van der Waals surface area contributed by atoms with E-state index in [-0.39, 0.29) is 23.8 Å². The van der Waals surface area contributed by atoms with Gasteiger partial charge in [0.15, 0.2) is 0 Å². The van der Waals surface area contributed by atoms with Gasteiger partial charge in [0.2, 0.25) is 0 Å². The Morgan fingerprint density at radius 2 is 1.80 bits per heavy atom. The molecular weight excluding hydrogens is 196 g/mol. The van der Waals surface area contributed by atoms with E-state index in [0.29, 0.717) is 13.0 Å². The van der Waals surface area contributed by atoms with E-state index in [1.54, 1.807) is 6.92 Å². The van der Waals surface area contributed by atoms with Gasteiger partial charge < -0.3 is 9.47 Å². The molecule has 1 aliphatic rings. The van der Waals surface area contributed by atoms with Gasteiger partial charge in [-0.1, -0.05) is 6.42 Å². The van der Waals surface area contributed by atoms with Crippen molar-refractivity contribution >= 4 is 11.9 Å². The highest BCUT2D eigenvalue weighted by Crippen LogP contribution is 2.30. The minimum atomic E-state index is -0.205. The van der Waals surface area contributed by atoms with Crippen LogP contribution in [0.5, 0.6) is 0 Å². The molecule has 4 heteroatoms. The molecule has 1 saturated carbocycles. The van der Waals surface area contributed by atoms with Crippen LogP contribution in [0.1, 0.15) is 32.6 Å². The Labute approximate surface area is 89.9 Å². The van der Waals surface area contributed by atoms with E-state index >= 15 is 0 Å². The van der Waals surface area contributed by atoms with E-state index in [1.807, 2.05) is 0 Å². The van der Waals surface area contributed by atoms with Gasteiger partial charge in [-0.2, -0.15) is 0 Å². The first-order chi connectivity index (χ1) is 7.19. The van der Waals surface area contributed by atoms with Crippen LogP contribution in [0.4, 0.5) is 0 Å². The van der Waals surface area contributed by atoms with Crippen LogP contribution in [-0.4, -0.2) is 25.7 Å². The van der Waals surface area contributed by atoms with Crippen molar-refractivity contribution < 1.29 is 19.1 Å². The van der Waals surface area contributed by atoms with Crippen LogP contribution in [0.2, 0.25) is 0 Å². The third-order valence-corrected chi connectivity index (χ3v) is 2.83. The number of carbonyl (C=O) groups excluding carboxylic acids is 2. The summed E-state index contributed by atoms with van der Waals surface area (Å²) in [6, 6.07) is 0. The van der Waals surface area contributed by atoms with Gasteiger partial charge in [0, 0.05) is 0 Å². The van der Waals surface area contributed by atoms with Crippen molar-refractivity contribution in [3.05, 3.63) is 0 Å². The van der Waals surface area contributed by atoms with Gasteiger partial charge in [-0.05, 0) is 26.2 Å². The monoisotopic (exact) mass is 214 g/mol. The molecule has 1 aliphatic carbocycles. The van der Waals surface area contributed by atoms with E-state index in [9.17, 15) is 9.59 Å². The Balaban J connectivity index is 2.48. The fraction of sp³-hybridized carbons (Fsp3) is 0.818. The Morgan fingerprint density at radius 3 is 2.33 bits per heavy atom. The lowest BCUT2D eigenvalue weighted by atomic mass is 9.81. The van der Waals surface area contributed by atoms with Crippen molar-refractivity contribution in [3.63, 3.8) is 0 Å². The third-order valence-electron chi connectivity index (χ3n) is 2.83. The molecule has 0 aromatic carbocycles. The van der Waals surface area contributed by atoms with Crippen molar-refractivity contribution in [2.45, 2.75) is 32.6 Å². The zero-order valence-corrected chi connectivity index (χ0v) is 9.32. The number of ether oxygens (including phenoxy) is 2. The van der Waals surface area contributed by atoms with Gasteiger partial charge in [-0.3, -0.25) is 9.59 Å². The molecule has 0 N–H and O–H groups in total. The van der Waals surface area contributed by atoms with Crippen LogP contribution in [-0.2, 0) is 19.1 Å². The van der Waals surface area contributed by atoms with Gasteiger partial charge in [0.25, 0.3) is 0 Å². The molecule has 0 radical (unpaired) electrons. The Bertz CT molecular complexity index is 237. The molecule has 0 amide bonds. The fourth-order valence-electron chi connectivity index (χ4n) is 2.04. The summed E-state index contributed by atoms with van der Waals surface area (Å²) in [7, 11) is 1.39. The molecule has 0 bridgehead atoms. The molecule has 2 atom stereocenters. The van der Waals surface area contributed by atoms with Gasteiger partial charge in [0.05, 0.1) is 25.6 Å². The second-order valence-corrected chi connectivity index (χ2v) is 3.84. The molecule has 2 unspecified atom stereocenters. The third kappa shape index (κ3) is 3.22. The van der Waals surface area contributed by atoms with Crippen LogP contribution in [0.3, 0.4) is 0 Å². The van der Waals surface area contributed by atoms with E-state index in [0.717, 1.165) is 19.3 Å². The van der Waals surface area contributed by atoms with Gasteiger partial charge in [-0.15, -0.1) is 0 Å². The van der Waals surface area contributed by atoms with Crippen LogP contribution < -0.4 is 0 Å². The summed E-state index contributed by atoms with van der Waals surface area (Å²) >= 11 is 0. The van der Waals surface area contributed by atoms with E-state index in [1.165, 1.54) is 7.11 Å². The van der Waals surface area contributed by atoms with Gasteiger partial charge in [-0.25, -0.2) is 0 Å². The number of hydrogen-bond donors (Lipinski definition) is 0. The first-order valence-corrected chi connectivity index (χ1v) is 5.43. The summed E-state index contributed by atoms with van der Waals surface area (Å²) in [6.07, 6.45) is 3.11. The predicted octanol–water partition coefficient (Wildman–Crippen LogP) is 1.53. The lowest BCUT2D eigenvalue weighted by Crippen LogP contribution is -2.29. The maximum absolute atomic E-state index is 11.5. The normalized spacial score (nSPS) is 25.7. The van der Waals surface area contributed by atoms with Crippen LogP contribution >= 0.6 is 0 Å². The summed E-state index contributed by atoms with van der Waals surface area (Å²) < 4.78 is 9.64. The maximum Gasteiger partial charge on any atom is 0.308 e. The first kappa shape index (κ1) is 12.0. The average molecular weight is 214 g/mol. The standard InChI is InChI=1S/C11H18O4/c1-3-15-11(13)9-6-4-5-8(7-9)10(12)14-2/h8-9H,3-7H2,1-2H3. The molecule has 4 nitrogen and oxygen atoms in total. The first-order valence-electron chi connectivity index (χ1n) is 5.43. The molecule has 86 valence electrons. The van der Waals surface area contributed by atoms with Gasteiger partial charge in [0.1, 0.15) is 0 Å².